The summed E-state index contributed by atoms with van der Waals surface area (Å²) in [7, 11) is 2.71. The maximum atomic E-state index is 6.05. The summed E-state index contributed by atoms with van der Waals surface area (Å²) in [4.78, 5) is 0. The van der Waals surface area contributed by atoms with Gasteiger partial charge >= 0.3 is 7.12 Å². The Balaban J connectivity index is 2.38. The lowest BCUT2D eigenvalue weighted by molar-refractivity contribution is 0.00578. The monoisotopic (exact) mass is 290 g/mol. The highest BCUT2D eigenvalue weighted by atomic mass is 16.7. The molecule has 5 heteroatoms. The highest BCUT2D eigenvalue weighted by Gasteiger charge is 2.52. The van der Waals surface area contributed by atoms with Crippen LogP contribution in [0.25, 0.3) is 5.47 Å². The van der Waals surface area contributed by atoms with Gasteiger partial charge in [0.2, 0.25) is 0 Å². The summed E-state index contributed by atoms with van der Waals surface area (Å²) in [6.45, 7) is 12.2. The molecule has 1 aliphatic rings. The molecule has 1 fully saturated rings. The summed E-state index contributed by atoms with van der Waals surface area (Å²) in [5, 5.41) is 0. The first-order valence-corrected chi connectivity index (χ1v) is 6.99. The molecule has 0 N–H and O–H groups in total. The standard InChI is InChI=1S/C16H23BO4/c1-11(17-20-15(2,3)16(4,5)21-17)14-12(18-6)9-8-10-13(14)19-7/h8-10H,1H2,2-7H3. The smallest absolute Gasteiger partial charge is 0.495 e. The lowest BCUT2D eigenvalue weighted by Crippen LogP contribution is -2.41. The topological polar surface area (TPSA) is 36.9 Å². The molecule has 1 saturated heterocycles. The number of rotatable bonds is 4. The van der Waals surface area contributed by atoms with Crippen LogP contribution in [0.1, 0.15) is 33.3 Å². The lowest BCUT2D eigenvalue weighted by Gasteiger charge is -2.32. The third kappa shape index (κ3) is 2.68. The summed E-state index contributed by atoms with van der Waals surface area (Å²) in [6, 6.07) is 5.61. The molecule has 1 heterocycles. The predicted molar refractivity (Wildman–Crippen MR) is 84.7 cm³/mol. The first kappa shape index (κ1) is 15.9. The van der Waals surface area contributed by atoms with Crippen molar-refractivity contribution in [2.45, 2.75) is 38.9 Å². The van der Waals surface area contributed by atoms with Crippen LogP contribution in [0.5, 0.6) is 11.5 Å². The minimum Gasteiger partial charge on any atom is -0.496 e. The number of hydrogen-bond acceptors (Lipinski definition) is 4. The van der Waals surface area contributed by atoms with E-state index in [4.69, 9.17) is 18.8 Å². The van der Waals surface area contributed by atoms with Gasteiger partial charge in [0.05, 0.1) is 31.0 Å². The Morgan fingerprint density at radius 2 is 1.43 bits per heavy atom. The van der Waals surface area contributed by atoms with Gasteiger partial charge in [-0.15, -0.1) is 0 Å². The lowest BCUT2D eigenvalue weighted by atomic mass is 9.74. The fourth-order valence-electron chi connectivity index (χ4n) is 2.27. The zero-order valence-corrected chi connectivity index (χ0v) is 13.6. The normalized spacial score (nSPS) is 19.4. The van der Waals surface area contributed by atoms with E-state index in [1.54, 1.807) is 14.2 Å². The second kappa shape index (κ2) is 5.39. The third-order valence-corrected chi connectivity index (χ3v) is 4.29. The van der Waals surface area contributed by atoms with Crippen molar-refractivity contribution in [1.82, 2.24) is 0 Å². The summed E-state index contributed by atoms with van der Waals surface area (Å²) < 4.78 is 22.9. The quantitative estimate of drug-likeness (QED) is 0.797. The fourth-order valence-corrected chi connectivity index (χ4v) is 2.27. The van der Waals surface area contributed by atoms with E-state index >= 15 is 0 Å². The fraction of sp³-hybridized carbons (Fsp3) is 0.500. The average Bonchev–Trinajstić information content (AvgIpc) is 2.65. The molecule has 0 spiro atoms. The molecular formula is C16H23BO4. The van der Waals surface area contributed by atoms with Gasteiger partial charge in [0.15, 0.2) is 0 Å². The molecule has 1 aromatic rings. The minimum atomic E-state index is -0.528. The highest BCUT2D eigenvalue weighted by molar-refractivity contribution is 6.69. The number of methoxy groups -OCH3 is 2. The molecule has 1 aromatic carbocycles. The Labute approximate surface area is 127 Å². The highest BCUT2D eigenvalue weighted by Crippen LogP contribution is 2.43. The molecule has 4 nitrogen and oxygen atoms in total. The van der Waals surface area contributed by atoms with E-state index in [0.29, 0.717) is 17.0 Å². The van der Waals surface area contributed by atoms with Crippen LogP contribution in [0.2, 0.25) is 0 Å². The van der Waals surface area contributed by atoms with Gasteiger partial charge in [0, 0.05) is 0 Å². The molecular weight excluding hydrogens is 267 g/mol. The summed E-state index contributed by atoms with van der Waals surface area (Å²) in [6.07, 6.45) is 0. The van der Waals surface area contributed by atoms with Gasteiger partial charge in [-0.05, 0) is 45.3 Å². The van der Waals surface area contributed by atoms with Crippen molar-refractivity contribution in [3.63, 3.8) is 0 Å². The second-order valence-corrected chi connectivity index (χ2v) is 6.15. The predicted octanol–water partition coefficient (Wildman–Crippen LogP) is 3.35. The first-order valence-electron chi connectivity index (χ1n) is 6.99. The molecule has 0 unspecified atom stereocenters. The molecule has 0 aliphatic carbocycles. The van der Waals surface area contributed by atoms with Gasteiger partial charge in [-0.1, -0.05) is 12.6 Å². The molecule has 0 saturated carbocycles. The van der Waals surface area contributed by atoms with E-state index in [0.717, 1.165) is 5.56 Å². The molecule has 0 radical (unpaired) electrons. The zero-order chi connectivity index (χ0) is 15.8. The van der Waals surface area contributed by atoms with E-state index in [9.17, 15) is 0 Å². The second-order valence-electron chi connectivity index (χ2n) is 6.15. The van der Waals surface area contributed by atoms with Gasteiger partial charge in [-0.25, -0.2) is 0 Å². The van der Waals surface area contributed by atoms with Crippen molar-refractivity contribution < 1.29 is 18.8 Å². The number of ether oxygens (including phenoxy) is 2. The van der Waals surface area contributed by atoms with E-state index in [2.05, 4.69) is 6.58 Å². The number of benzene rings is 1. The third-order valence-electron chi connectivity index (χ3n) is 4.29. The Bertz CT molecular complexity index is 513. The molecule has 2 rings (SSSR count). The molecule has 0 bridgehead atoms. The van der Waals surface area contributed by atoms with Crippen LogP contribution >= 0.6 is 0 Å². The average molecular weight is 290 g/mol. The van der Waals surface area contributed by atoms with Crippen LogP contribution in [-0.4, -0.2) is 32.5 Å². The maximum Gasteiger partial charge on any atom is 0.495 e. The van der Waals surface area contributed by atoms with Crippen LogP contribution in [0.4, 0.5) is 0 Å². The number of hydrogen-bond donors (Lipinski definition) is 0. The van der Waals surface area contributed by atoms with Gasteiger partial charge in [0.1, 0.15) is 11.5 Å². The largest absolute Gasteiger partial charge is 0.496 e. The van der Waals surface area contributed by atoms with E-state index in [-0.39, 0.29) is 0 Å². The maximum absolute atomic E-state index is 6.05. The van der Waals surface area contributed by atoms with Crippen LogP contribution in [0.15, 0.2) is 24.8 Å². The van der Waals surface area contributed by atoms with Gasteiger partial charge < -0.3 is 18.8 Å². The van der Waals surface area contributed by atoms with Gasteiger partial charge in [0.25, 0.3) is 0 Å². The Hall–Kier alpha value is -1.46. The van der Waals surface area contributed by atoms with Crippen molar-refractivity contribution >= 4 is 12.6 Å². The van der Waals surface area contributed by atoms with E-state index in [1.165, 1.54) is 0 Å². The SMILES string of the molecule is C=C(B1OC(C)(C)C(C)(C)O1)c1c(OC)cccc1OC. The van der Waals surface area contributed by atoms with Crippen LogP contribution in [-0.2, 0) is 9.31 Å². The Kier molecular flexibility index (Phi) is 4.09. The van der Waals surface area contributed by atoms with Crippen molar-refractivity contribution in [1.29, 1.82) is 0 Å². The van der Waals surface area contributed by atoms with Crippen LogP contribution in [0, 0.1) is 0 Å². The molecule has 1 aliphatic heterocycles. The first-order chi connectivity index (χ1) is 9.73. The summed E-state index contributed by atoms with van der Waals surface area (Å²) in [5.41, 5.74) is 0.662. The van der Waals surface area contributed by atoms with Crippen molar-refractivity contribution in [2.24, 2.45) is 0 Å². The summed E-state index contributed by atoms with van der Waals surface area (Å²) >= 11 is 0. The van der Waals surface area contributed by atoms with E-state index < -0.39 is 18.3 Å². The van der Waals surface area contributed by atoms with Crippen LogP contribution in [0.3, 0.4) is 0 Å². The zero-order valence-electron chi connectivity index (χ0n) is 13.6. The minimum absolute atomic E-state index is 0.407. The Morgan fingerprint density at radius 1 is 1.00 bits per heavy atom. The van der Waals surface area contributed by atoms with Gasteiger partial charge in [-0.3, -0.25) is 0 Å². The molecule has 0 aromatic heterocycles. The van der Waals surface area contributed by atoms with Crippen LogP contribution < -0.4 is 9.47 Å². The van der Waals surface area contributed by atoms with Crippen molar-refractivity contribution in [3.8, 4) is 11.5 Å². The molecule has 0 atom stereocenters. The molecule has 114 valence electrons. The Morgan fingerprint density at radius 3 is 1.81 bits per heavy atom. The van der Waals surface area contributed by atoms with Crippen molar-refractivity contribution in [2.75, 3.05) is 14.2 Å². The molecule has 21 heavy (non-hydrogen) atoms. The van der Waals surface area contributed by atoms with E-state index in [1.807, 2.05) is 45.9 Å². The molecule has 0 amide bonds. The summed E-state index contributed by atoms with van der Waals surface area (Å²) in [5.74, 6) is 1.38. The van der Waals surface area contributed by atoms with Crippen molar-refractivity contribution in [3.05, 3.63) is 30.3 Å². The van der Waals surface area contributed by atoms with Gasteiger partial charge in [-0.2, -0.15) is 0 Å².